The first-order chi connectivity index (χ1) is 9.56. The molecular weight excluding hydrogens is 279 g/mol. The summed E-state index contributed by atoms with van der Waals surface area (Å²) < 4.78 is 2.05. The van der Waals surface area contributed by atoms with Gasteiger partial charge in [0.15, 0.2) is 0 Å². The Hall–Kier alpha value is -0.455. The molecule has 2 atom stereocenters. The number of nitrogens with one attached hydrogen (secondary N) is 1. The second-order valence-electron chi connectivity index (χ2n) is 5.86. The van der Waals surface area contributed by atoms with Crippen LogP contribution in [-0.2, 0) is 6.54 Å². The lowest BCUT2D eigenvalue weighted by atomic mass is 9.95. The molecule has 0 aliphatic carbocycles. The molecule has 0 aromatic carbocycles. The van der Waals surface area contributed by atoms with Crippen LogP contribution in [0.3, 0.4) is 0 Å². The van der Waals surface area contributed by atoms with E-state index in [4.69, 9.17) is 0 Å². The van der Waals surface area contributed by atoms with E-state index in [1.165, 1.54) is 18.5 Å². The molecule has 3 radical (unpaired) electrons. The molecule has 2 heterocycles. The van der Waals surface area contributed by atoms with Crippen molar-refractivity contribution in [1.29, 1.82) is 0 Å². The minimum atomic E-state index is 0. The normalized spacial score (nSPS) is 21.4. The Labute approximate surface area is 136 Å². The van der Waals surface area contributed by atoms with Gasteiger partial charge < -0.3 is 10.2 Å². The quantitative estimate of drug-likeness (QED) is 0.864. The monoisotopic (exact) mass is 309 g/mol. The van der Waals surface area contributed by atoms with Gasteiger partial charge in [-0.25, -0.2) is 0 Å². The molecular formula is C15H30BN4S. The largest absolute Gasteiger partial charge is 0.308 e. The highest BCUT2D eigenvalue weighted by atomic mass is 32.2. The molecule has 0 saturated carbocycles. The maximum Gasteiger partial charge on any atom is 0.0793 e. The molecule has 6 heteroatoms. The predicted molar refractivity (Wildman–Crippen MR) is 95.1 cm³/mol. The van der Waals surface area contributed by atoms with E-state index in [1.54, 1.807) is 11.8 Å². The van der Waals surface area contributed by atoms with Crippen LogP contribution in [0.5, 0.6) is 0 Å². The summed E-state index contributed by atoms with van der Waals surface area (Å²) in [6, 6.07) is 2.62. The van der Waals surface area contributed by atoms with Crippen molar-refractivity contribution in [3.8, 4) is 0 Å². The van der Waals surface area contributed by atoms with E-state index in [2.05, 4.69) is 53.3 Å². The predicted octanol–water partition coefficient (Wildman–Crippen LogP) is 2.10. The van der Waals surface area contributed by atoms with Crippen molar-refractivity contribution in [3.63, 3.8) is 0 Å². The van der Waals surface area contributed by atoms with Gasteiger partial charge in [0.05, 0.1) is 18.3 Å². The molecule has 1 N–H and O–H groups in total. The Morgan fingerprint density at radius 1 is 1.38 bits per heavy atom. The highest BCUT2D eigenvalue weighted by Crippen LogP contribution is 2.24. The first-order valence-electron chi connectivity index (χ1n) is 7.38. The van der Waals surface area contributed by atoms with Crippen LogP contribution in [0.15, 0.2) is 12.3 Å². The summed E-state index contributed by atoms with van der Waals surface area (Å²) >= 11 is 1.75. The average molecular weight is 309 g/mol. The first kappa shape index (κ1) is 20.5. The molecule has 119 valence electrons. The van der Waals surface area contributed by atoms with Crippen LogP contribution >= 0.6 is 11.8 Å². The lowest BCUT2D eigenvalue weighted by Gasteiger charge is -2.26. The van der Waals surface area contributed by atoms with Crippen molar-refractivity contribution in [2.75, 3.05) is 39.7 Å². The number of hydrogen-bond acceptors (Lipinski definition) is 4. The van der Waals surface area contributed by atoms with Crippen molar-refractivity contribution in [3.05, 3.63) is 18.0 Å². The van der Waals surface area contributed by atoms with Gasteiger partial charge in [0, 0.05) is 21.2 Å². The highest BCUT2D eigenvalue weighted by molar-refractivity contribution is 7.97. The number of piperidine rings is 1. The minimum absolute atomic E-state index is 0. The zero-order valence-electron chi connectivity index (χ0n) is 14.2. The van der Waals surface area contributed by atoms with Gasteiger partial charge in [0.1, 0.15) is 0 Å². The summed E-state index contributed by atoms with van der Waals surface area (Å²) in [5.74, 6) is 0.807. The summed E-state index contributed by atoms with van der Waals surface area (Å²) in [6.45, 7) is 5.43. The van der Waals surface area contributed by atoms with Gasteiger partial charge in [-0.05, 0) is 58.0 Å². The third-order valence-corrected chi connectivity index (χ3v) is 3.46. The highest BCUT2D eigenvalue weighted by Gasteiger charge is 2.20. The molecule has 4 nitrogen and oxygen atoms in total. The van der Waals surface area contributed by atoms with Crippen molar-refractivity contribution in [2.45, 2.75) is 32.4 Å². The van der Waals surface area contributed by atoms with Gasteiger partial charge in [-0.15, -0.1) is 0 Å². The molecule has 2 rings (SSSR count). The Balaban J connectivity index is 0.000000922. The zero-order valence-corrected chi connectivity index (χ0v) is 15.0. The van der Waals surface area contributed by atoms with E-state index in [0.29, 0.717) is 6.04 Å². The molecule has 1 aromatic rings. The maximum atomic E-state index is 4.66. The molecule has 0 bridgehead atoms. The Bertz CT molecular complexity index is 362. The summed E-state index contributed by atoms with van der Waals surface area (Å²) in [5.41, 5.74) is 1.20. The number of aromatic nitrogens is 2. The van der Waals surface area contributed by atoms with Crippen LogP contribution in [0.25, 0.3) is 0 Å². The van der Waals surface area contributed by atoms with E-state index >= 15 is 0 Å². The Morgan fingerprint density at radius 3 is 2.57 bits per heavy atom. The average Bonchev–Trinajstić information content (AvgIpc) is 2.87. The zero-order chi connectivity index (χ0) is 15.0. The first-order valence-corrected chi connectivity index (χ1v) is 9.01. The molecule has 1 aliphatic heterocycles. The van der Waals surface area contributed by atoms with Crippen LogP contribution in [0, 0.1) is 5.92 Å². The third-order valence-electron chi connectivity index (χ3n) is 3.46. The van der Waals surface area contributed by atoms with E-state index in [-0.39, 0.29) is 8.41 Å². The van der Waals surface area contributed by atoms with Gasteiger partial charge in [0.2, 0.25) is 0 Å². The number of hydrogen-bond donors (Lipinski definition) is 1. The summed E-state index contributed by atoms with van der Waals surface area (Å²) in [6.07, 6.45) is 8.70. The summed E-state index contributed by atoms with van der Waals surface area (Å²) in [4.78, 5) is 2.18. The van der Waals surface area contributed by atoms with Crippen molar-refractivity contribution in [1.82, 2.24) is 20.0 Å². The SMILES string of the molecule is CC1CCC(c2ccn(CCN(C)C)n2)NC1.CSC.[B]. The Kier molecular flexibility index (Phi) is 10.9. The standard InChI is InChI=1S/C13H24N4.C2H6S.B/c1-11-4-5-12(14-10-11)13-6-7-17(15-13)9-8-16(2)3;1-3-2;/h6-7,11-12,14H,4-5,8-10H2,1-3H3;1-2H3;. The van der Waals surface area contributed by atoms with Crippen LogP contribution in [0.4, 0.5) is 0 Å². The second-order valence-corrected chi connectivity index (χ2v) is 6.68. The number of likely N-dealkylation sites (N-methyl/N-ethyl adjacent to an activating group) is 1. The fourth-order valence-electron chi connectivity index (χ4n) is 2.24. The second kappa shape index (κ2) is 11.2. The van der Waals surface area contributed by atoms with Crippen molar-refractivity contribution < 1.29 is 0 Å². The fraction of sp³-hybridized carbons (Fsp3) is 0.800. The van der Waals surface area contributed by atoms with Gasteiger partial charge >= 0.3 is 0 Å². The van der Waals surface area contributed by atoms with Crippen molar-refractivity contribution in [2.24, 2.45) is 5.92 Å². The number of thioether (sulfide) groups is 1. The Morgan fingerprint density at radius 2 is 2.05 bits per heavy atom. The topological polar surface area (TPSA) is 33.1 Å². The van der Waals surface area contributed by atoms with Gasteiger partial charge in [-0.3, -0.25) is 4.68 Å². The summed E-state index contributed by atoms with van der Waals surface area (Å²) in [7, 11) is 4.18. The smallest absolute Gasteiger partial charge is 0.0793 e. The van der Waals surface area contributed by atoms with Crippen molar-refractivity contribution >= 4 is 20.2 Å². The van der Waals surface area contributed by atoms with E-state index < -0.39 is 0 Å². The molecule has 0 amide bonds. The number of rotatable bonds is 4. The molecule has 0 spiro atoms. The maximum absolute atomic E-state index is 4.66. The molecule has 1 fully saturated rings. The van der Waals surface area contributed by atoms with Crippen LogP contribution in [0.1, 0.15) is 31.5 Å². The van der Waals surface area contributed by atoms with Gasteiger partial charge in [-0.2, -0.15) is 16.9 Å². The van der Waals surface area contributed by atoms with E-state index in [9.17, 15) is 0 Å². The molecule has 1 aromatic heterocycles. The fourth-order valence-corrected chi connectivity index (χ4v) is 2.24. The lowest BCUT2D eigenvalue weighted by molar-refractivity contribution is 0.324. The van der Waals surface area contributed by atoms with Crippen LogP contribution in [0.2, 0.25) is 0 Å². The van der Waals surface area contributed by atoms with Crippen LogP contribution in [-0.4, -0.2) is 62.8 Å². The van der Waals surface area contributed by atoms with Gasteiger partial charge in [-0.1, -0.05) is 6.92 Å². The van der Waals surface area contributed by atoms with E-state index in [0.717, 1.165) is 25.6 Å². The van der Waals surface area contributed by atoms with E-state index in [1.807, 2.05) is 12.5 Å². The molecule has 21 heavy (non-hydrogen) atoms. The summed E-state index contributed by atoms with van der Waals surface area (Å²) in [5, 5.41) is 8.24. The molecule has 1 aliphatic rings. The van der Waals surface area contributed by atoms with Gasteiger partial charge in [0.25, 0.3) is 0 Å². The lowest BCUT2D eigenvalue weighted by Crippen LogP contribution is -2.32. The van der Waals surface area contributed by atoms with Crippen LogP contribution < -0.4 is 5.32 Å². The molecule has 1 saturated heterocycles. The minimum Gasteiger partial charge on any atom is -0.308 e. The third kappa shape index (κ3) is 7.93. The molecule has 2 unspecified atom stereocenters. The number of nitrogens with zero attached hydrogens (tertiary/aromatic N) is 3.